The molecule has 0 heterocycles. The lowest BCUT2D eigenvalue weighted by Gasteiger charge is -2.06. The second-order valence-corrected chi connectivity index (χ2v) is 6.26. The largest absolute Gasteiger partial charge is 0.496 e. The Kier molecular flexibility index (Phi) is 7.05. The maximum absolute atomic E-state index is 10.7. The Hall–Kier alpha value is -2.48. The summed E-state index contributed by atoms with van der Waals surface area (Å²) in [5.41, 5.74) is 2.94. The van der Waals surface area contributed by atoms with Crippen LogP contribution in [0.5, 0.6) is 5.75 Å². The number of benzene rings is 2. The predicted molar refractivity (Wildman–Crippen MR) is 99.4 cm³/mol. The van der Waals surface area contributed by atoms with E-state index in [0.29, 0.717) is 28.0 Å². The van der Waals surface area contributed by atoms with Crippen molar-refractivity contribution in [3.05, 3.63) is 71.2 Å². The van der Waals surface area contributed by atoms with E-state index in [1.807, 2.05) is 6.07 Å². The number of hydrogen-bond acceptors (Lipinski definition) is 5. The number of aryl methyl sites for hydroxylation is 2. The first-order chi connectivity index (χ1) is 11.6. The van der Waals surface area contributed by atoms with Gasteiger partial charge in [-0.1, -0.05) is 22.0 Å². The molecule has 0 amide bonds. The fourth-order valence-corrected chi connectivity index (χ4v) is 2.73. The first-order valence-corrected chi connectivity index (χ1v) is 8.09. The average Bonchev–Trinajstić information content (AvgIpc) is 2.51. The van der Waals surface area contributed by atoms with Crippen molar-refractivity contribution >= 4 is 27.3 Å². The molecule has 0 atom stereocenters. The molecule has 25 heavy (non-hydrogen) atoms. The lowest BCUT2D eigenvalue weighted by atomic mass is 10.1. The minimum Gasteiger partial charge on any atom is -0.496 e. The Morgan fingerprint density at radius 3 is 1.68 bits per heavy atom. The van der Waals surface area contributed by atoms with E-state index in [-0.39, 0.29) is 21.2 Å². The summed E-state index contributed by atoms with van der Waals surface area (Å²) < 4.78 is 5.76. The first-order valence-electron chi connectivity index (χ1n) is 7.30. The Morgan fingerprint density at radius 1 is 0.840 bits per heavy atom. The van der Waals surface area contributed by atoms with Gasteiger partial charge in [0.1, 0.15) is 5.75 Å². The standard InChI is InChI=1S/C9H11NO3.C8H8BrNO2/c1-6-4-5-8(13-3)7(2)9(6)10(11)12;1-5-3-4-7(9)6(2)8(5)10(11)12/h4-5H,1-3H3;3-4H,1-2H3. The van der Waals surface area contributed by atoms with Gasteiger partial charge in [0.05, 0.1) is 22.5 Å². The van der Waals surface area contributed by atoms with Crippen molar-refractivity contribution in [2.75, 3.05) is 7.11 Å². The summed E-state index contributed by atoms with van der Waals surface area (Å²) in [6.07, 6.45) is 0. The van der Waals surface area contributed by atoms with Crippen molar-refractivity contribution in [2.24, 2.45) is 0 Å². The third-order valence-electron chi connectivity index (χ3n) is 3.73. The van der Waals surface area contributed by atoms with Gasteiger partial charge in [-0.3, -0.25) is 20.2 Å². The molecule has 2 aromatic carbocycles. The quantitative estimate of drug-likeness (QED) is 0.511. The Bertz CT molecular complexity index is 821. The third kappa shape index (κ3) is 4.76. The topological polar surface area (TPSA) is 95.5 Å². The SMILES string of the molecule is COc1ccc(C)c([N+](=O)[O-])c1C.Cc1ccc(Br)c(C)c1[N+](=O)[O-]. The van der Waals surface area contributed by atoms with E-state index in [1.165, 1.54) is 7.11 Å². The number of halogens is 1. The van der Waals surface area contributed by atoms with Gasteiger partial charge in [-0.2, -0.15) is 0 Å². The third-order valence-corrected chi connectivity index (χ3v) is 4.59. The molecule has 0 bridgehead atoms. The highest BCUT2D eigenvalue weighted by molar-refractivity contribution is 9.10. The van der Waals surface area contributed by atoms with Crippen molar-refractivity contribution in [1.29, 1.82) is 0 Å². The summed E-state index contributed by atoms with van der Waals surface area (Å²) in [6.45, 7) is 6.86. The van der Waals surface area contributed by atoms with Crippen molar-refractivity contribution in [3.8, 4) is 5.75 Å². The molecule has 0 fully saturated rings. The number of ether oxygens (including phenoxy) is 1. The molecular weight excluding hydrogens is 392 g/mol. The molecule has 0 spiro atoms. The molecule has 0 aliphatic heterocycles. The minimum absolute atomic E-state index is 0.138. The summed E-state index contributed by atoms with van der Waals surface area (Å²) >= 11 is 3.24. The van der Waals surface area contributed by atoms with Crippen molar-refractivity contribution in [3.63, 3.8) is 0 Å². The molecule has 0 aliphatic carbocycles. The van der Waals surface area contributed by atoms with Crippen LogP contribution in [0.3, 0.4) is 0 Å². The first kappa shape index (κ1) is 20.6. The van der Waals surface area contributed by atoms with E-state index in [2.05, 4.69) is 15.9 Å². The van der Waals surface area contributed by atoms with Gasteiger partial charge in [0, 0.05) is 21.2 Å². The number of methoxy groups -OCH3 is 1. The van der Waals surface area contributed by atoms with Crippen molar-refractivity contribution in [2.45, 2.75) is 27.7 Å². The molecule has 7 nitrogen and oxygen atoms in total. The molecule has 2 aromatic rings. The van der Waals surface area contributed by atoms with Gasteiger partial charge in [-0.15, -0.1) is 0 Å². The zero-order chi connectivity index (χ0) is 19.3. The second kappa shape index (κ2) is 8.57. The smallest absolute Gasteiger partial charge is 0.278 e. The van der Waals surface area contributed by atoms with Crippen LogP contribution < -0.4 is 4.74 Å². The van der Waals surface area contributed by atoms with Gasteiger partial charge in [-0.25, -0.2) is 0 Å². The Balaban J connectivity index is 0.000000251. The van der Waals surface area contributed by atoms with E-state index in [0.717, 1.165) is 4.47 Å². The van der Waals surface area contributed by atoms with Crippen LogP contribution in [0, 0.1) is 47.9 Å². The van der Waals surface area contributed by atoms with E-state index < -0.39 is 0 Å². The molecule has 0 saturated carbocycles. The second-order valence-electron chi connectivity index (χ2n) is 5.41. The van der Waals surface area contributed by atoms with Crippen LogP contribution in [-0.4, -0.2) is 17.0 Å². The monoisotopic (exact) mass is 410 g/mol. The fraction of sp³-hybridized carbons (Fsp3) is 0.294. The van der Waals surface area contributed by atoms with Gasteiger partial charge >= 0.3 is 0 Å². The van der Waals surface area contributed by atoms with Crippen LogP contribution >= 0.6 is 15.9 Å². The van der Waals surface area contributed by atoms with Crippen LogP contribution in [0.15, 0.2) is 28.7 Å². The van der Waals surface area contributed by atoms with Gasteiger partial charge in [0.15, 0.2) is 0 Å². The molecule has 0 aliphatic rings. The summed E-state index contributed by atoms with van der Waals surface area (Å²) in [4.78, 5) is 20.5. The molecule has 0 N–H and O–H groups in total. The fourth-order valence-electron chi connectivity index (χ4n) is 2.41. The summed E-state index contributed by atoms with van der Waals surface area (Å²) in [5.74, 6) is 0.553. The van der Waals surface area contributed by atoms with Crippen LogP contribution in [0.2, 0.25) is 0 Å². The van der Waals surface area contributed by atoms with Crippen LogP contribution in [-0.2, 0) is 0 Å². The molecule has 8 heteroatoms. The highest BCUT2D eigenvalue weighted by Gasteiger charge is 2.17. The average molecular weight is 411 g/mol. The summed E-state index contributed by atoms with van der Waals surface area (Å²) in [6, 6.07) is 6.97. The molecule has 134 valence electrons. The van der Waals surface area contributed by atoms with Crippen LogP contribution in [0.1, 0.15) is 22.3 Å². The number of nitrogens with zero attached hydrogens (tertiary/aromatic N) is 2. The molecule has 0 unspecified atom stereocenters. The summed E-state index contributed by atoms with van der Waals surface area (Å²) in [7, 11) is 1.50. The van der Waals surface area contributed by atoms with Crippen molar-refractivity contribution in [1.82, 2.24) is 0 Å². The highest BCUT2D eigenvalue weighted by Crippen LogP contribution is 2.30. The zero-order valence-electron chi connectivity index (χ0n) is 14.6. The molecule has 0 saturated heterocycles. The summed E-state index contributed by atoms with van der Waals surface area (Å²) in [5, 5.41) is 21.2. The molecule has 0 radical (unpaired) electrons. The molecule has 0 aromatic heterocycles. The lowest BCUT2D eigenvalue weighted by Crippen LogP contribution is -1.97. The van der Waals surface area contributed by atoms with E-state index in [9.17, 15) is 20.2 Å². The van der Waals surface area contributed by atoms with Crippen LogP contribution in [0.4, 0.5) is 11.4 Å². The molecular formula is C17H19BrN2O5. The maximum Gasteiger partial charge on any atom is 0.278 e. The number of rotatable bonds is 3. The number of nitro benzene ring substituents is 2. The zero-order valence-corrected chi connectivity index (χ0v) is 16.2. The van der Waals surface area contributed by atoms with Crippen LogP contribution in [0.25, 0.3) is 0 Å². The molecule has 2 rings (SSSR count). The highest BCUT2D eigenvalue weighted by atomic mass is 79.9. The predicted octanol–water partition coefficient (Wildman–Crippen LogP) is 5.19. The van der Waals surface area contributed by atoms with E-state index >= 15 is 0 Å². The number of nitro groups is 2. The Labute approximate surface area is 154 Å². The van der Waals surface area contributed by atoms with Gasteiger partial charge in [-0.05, 0) is 45.9 Å². The maximum atomic E-state index is 10.7. The normalized spacial score (nSPS) is 9.84. The van der Waals surface area contributed by atoms with Crippen molar-refractivity contribution < 1.29 is 14.6 Å². The minimum atomic E-state index is -0.382. The van der Waals surface area contributed by atoms with Gasteiger partial charge < -0.3 is 4.74 Å². The van der Waals surface area contributed by atoms with E-state index in [1.54, 1.807) is 45.9 Å². The van der Waals surface area contributed by atoms with E-state index in [4.69, 9.17) is 4.74 Å². The van der Waals surface area contributed by atoms with Gasteiger partial charge in [0.2, 0.25) is 0 Å². The number of hydrogen-bond donors (Lipinski definition) is 0. The Morgan fingerprint density at radius 2 is 1.28 bits per heavy atom. The van der Waals surface area contributed by atoms with Gasteiger partial charge in [0.25, 0.3) is 11.4 Å². The lowest BCUT2D eigenvalue weighted by molar-refractivity contribution is -0.386.